The summed E-state index contributed by atoms with van der Waals surface area (Å²) in [5.41, 5.74) is 0.139. The van der Waals surface area contributed by atoms with E-state index in [1.807, 2.05) is 0 Å². The van der Waals surface area contributed by atoms with Gasteiger partial charge in [-0.05, 0) is 45.1 Å². The van der Waals surface area contributed by atoms with Crippen molar-refractivity contribution in [1.82, 2.24) is 5.32 Å². The zero-order valence-electron chi connectivity index (χ0n) is 12.2. The van der Waals surface area contributed by atoms with E-state index in [2.05, 4.69) is 33.0 Å². The summed E-state index contributed by atoms with van der Waals surface area (Å²) in [6.45, 7) is 10.9. The fourth-order valence-corrected chi connectivity index (χ4v) is 3.15. The number of hydrogen-bond acceptors (Lipinski definition) is 2. The second-order valence-electron chi connectivity index (χ2n) is 5.79. The Balaban J connectivity index is 2.63. The Morgan fingerprint density at radius 1 is 1.12 bits per heavy atom. The Morgan fingerprint density at radius 2 is 1.76 bits per heavy atom. The summed E-state index contributed by atoms with van der Waals surface area (Å²) in [6, 6.07) is 0.553. The Morgan fingerprint density at radius 3 is 2.24 bits per heavy atom. The monoisotopic (exact) mass is 241 g/mol. The molecular formula is C15H31NO. The smallest absolute Gasteiger partial charge is 0.0834 e. The summed E-state index contributed by atoms with van der Waals surface area (Å²) in [7, 11) is 0. The molecule has 1 rings (SSSR count). The van der Waals surface area contributed by atoms with Gasteiger partial charge in [-0.2, -0.15) is 0 Å². The van der Waals surface area contributed by atoms with Gasteiger partial charge in [0.05, 0.1) is 5.60 Å². The van der Waals surface area contributed by atoms with Gasteiger partial charge in [0.1, 0.15) is 0 Å². The zero-order valence-corrected chi connectivity index (χ0v) is 12.2. The van der Waals surface area contributed by atoms with Crippen molar-refractivity contribution < 1.29 is 4.74 Å². The summed E-state index contributed by atoms with van der Waals surface area (Å²) in [6.07, 6.45) is 7.72. The van der Waals surface area contributed by atoms with Gasteiger partial charge in [-0.3, -0.25) is 0 Å². The molecule has 2 heteroatoms. The van der Waals surface area contributed by atoms with E-state index in [1.54, 1.807) is 0 Å². The fraction of sp³-hybridized carbons (Fsp3) is 1.00. The first-order valence-electron chi connectivity index (χ1n) is 7.52. The molecule has 0 aromatic carbocycles. The van der Waals surface area contributed by atoms with E-state index in [0.29, 0.717) is 6.04 Å². The van der Waals surface area contributed by atoms with Gasteiger partial charge >= 0.3 is 0 Å². The molecule has 1 aliphatic carbocycles. The van der Waals surface area contributed by atoms with Crippen molar-refractivity contribution in [2.24, 2.45) is 5.92 Å². The first-order valence-corrected chi connectivity index (χ1v) is 7.52. The highest BCUT2D eigenvalue weighted by atomic mass is 16.5. The minimum Gasteiger partial charge on any atom is -0.374 e. The van der Waals surface area contributed by atoms with Crippen LogP contribution in [0.2, 0.25) is 0 Å². The second kappa shape index (κ2) is 7.38. The van der Waals surface area contributed by atoms with Crippen LogP contribution in [0.25, 0.3) is 0 Å². The average molecular weight is 241 g/mol. The minimum absolute atomic E-state index is 0.139. The van der Waals surface area contributed by atoms with Crippen LogP contribution in [0.4, 0.5) is 0 Å². The predicted molar refractivity (Wildman–Crippen MR) is 74.4 cm³/mol. The van der Waals surface area contributed by atoms with E-state index >= 15 is 0 Å². The van der Waals surface area contributed by atoms with E-state index in [1.165, 1.54) is 38.5 Å². The molecule has 1 atom stereocenters. The largest absolute Gasteiger partial charge is 0.374 e. The maximum Gasteiger partial charge on any atom is 0.0834 e. The van der Waals surface area contributed by atoms with Gasteiger partial charge in [-0.1, -0.05) is 33.6 Å². The summed E-state index contributed by atoms with van der Waals surface area (Å²) in [5, 5.41) is 3.68. The second-order valence-corrected chi connectivity index (χ2v) is 5.79. The van der Waals surface area contributed by atoms with Gasteiger partial charge in [-0.25, -0.2) is 0 Å². The van der Waals surface area contributed by atoms with Crippen LogP contribution in [0.3, 0.4) is 0 Å². The Labute approximate surface area is 108 Å². The molecule has 17 heavy (non-hydrogen) atoms. The number of likely N-dealkylation sites (N-methyl/N-ethyl adjacent to an activating group) is 1. The molecule has 1 saturated carbocycles. The van der Waals surface area contributed by atoms with Crippen molar-refractivity contribution in [1.29, 1.82) is 0 Å². The Bertz CT molecular complexity index is 197. The summed E-state index contributed by atoms with van der Waals surface area (Å²) < 4.78 is 6.17. The molecule has 102 valence electrons. The molecule has 1 aliphatic rings. The SMILES string of the molecule is CCNC(CCC(C)C)C1(OCC)CCCC1. The third-order valence-corrected chi connectivity index (χ3v) is 4.00. The van der Waals surface area contributed by atoms with Crippen molar-refractivity contribution in [2.75, 3.05) is 13.2 Å². The van der Waals surface area contributed by atoms with Gasteiger partial charge in [-0.15, -0.1) is 0 Å². The quantitative estimate of drug-likeness (QED) is 0.699. The molecular weight excluding hydrogens is 210 g/mol. The van der Waals surface area contributed by atoms with E-state index in [4.69, 9.17) is 4.74 Å². The van der Waals surface area contributed by atoms with Gasteiger partial charge in [0.25, 0.3) is 0 Å². The molecule has 0 bridgehead atoms. The first-order chi connectivity index (χ1) is 8.14. The lowest BCUT2D eigenvalue weighted by Gasteiger charge is -2.38. The lowest BCUT2D eigenvalue weighted by molar-refractivity contribution is -0.0637. The summed E-state index contributed by atoms with van der Waals surface area (Å²) >= 11 is 0. The van der Waals surface area contributed by atoms with Crippen LogP contribution >= 0.6 is 0 Å². The molecule has 0 amide bonds. The van der Waals surface area contributed by atoms with Crippen LogP contribution in [0.1, 0.15) is 66.2 Å². The molecule has 1 N–H and O–H groups in total. The van der Waals surface area contributed by atoms with E-state index in [0.717, 1.165) is 19.1 Å². The first kappa shape index (κ1) is 15.0. The Hall–Kier alpha value is -0.0800. The average Bonchev–Trinajstić information content (AvgIpc) is 2.74. The summed E-state index contributed by atoms with van der Waals surface area (Å²) in [5.74, 6) is 0.788. The number of hydrogen-bond donors (Lipinski definition) is 1. The van der Waals surface area contributed by atoms with Crippen molar-refractivity contribution in [2.45, 2.75) is 77.9 Å². The van der Waals surface area contributed by atoms with E-state index in [9.17, 15) is 0 Å². The molecule has 0 radical (unpaired) electrons. The zero-order chi connectivity index (χ0) is 12.7. The van der Waals surface area contributed by atoms with E-state index in [-0.39, 0.29) is 5.60 Å². The van der Waals surface area contributed by atoms with Crippen LogP contribution in [0, 0.1) is 5.92 Å². The molecule has 1 fully saturated rings. The predicted octanol–water partition coefficient (Wildman–Crippen LogP) is 3.75. The number of rotatable bonds is 8. The van der Waals surface area contributed by atoms with Crippen molar-refractivity contribution in [3.05, 3.63) is 0 Å². The minimum atomic E-state index is 0.139. The van der Waals surface area contributed by atoms with Gasteiger partial charge in [0.15, 0.2) is 0 Å². The molecule has 1 unspecified atom stereocenters. The highest BCUT2D eigenvalue weighted by Crippen LogP contribution is 2.38. The maximum atomic E-state index is 6.17. The summed E-state index contributed by atoms with van der Waals surface area (Å²) in [4.78, 5) is 0. The molecule has 0 spiro atoms. The molecule has 0 aromatic heterocycles. The third-order valence-electron chi connectivity index (χ3n) is 4.00. The lowest BCUT2D eigenvalue weighted by atomic mass is 9.87. The van der Waals surface area contributed by atoms with Crippen LogP contribution in [0.15, 0.2) is 0 Å². The fourth-order valence-electron chi connectivity index (χ4n) is 3.15. The van der Waals surface area contributed by atoms with Crippen molar-refractivity contribution in [3.63, 3.8) is 0 Å². The van der Waals surface area contributed by atoms with Crippen LogP contribution in [-0.2, 0) is 4.74 Å². The van der Waals surface area contributed by atoms with Crippen LogP contribution in [-0.4, -0.2) is 24.8 Å². The van der Waals surface area contributed by atoms with Crippen molar-refractivity contribution >= 4 is 0 Å². The van der Waals surface area contributed by atoms with Crippen molar-refractivity contribution in [3.8, 4) is 0 Å². The molecule has 0 aromatic rings. The number of ether oxygens (including phenoxy) is 1. The highest BCUT2D eigenvalue weighted by molar-refractivity contribution is 4.97. The normalized spacial score (nSPS) is 21.0. The highest BCUT2D eigenvalue weighted by Gasteiger charge is 2.41. The van der Waals surface area contributed by atoms with E-state index < -0.39 is 0 Å². The lowest BCUT2D eigenvalue weighted by Crippen LogP contribution is -2.51. The Kier molecular flexibility index (Phi) is 6.50. The molecule has 0 heterocycles. The topological polar surface area (TPSA) is 21.3 Å². The standard InChI is InChI=1S/C15H31NO/c1-5-16-14(10-9-13(3)4)15(17-6-2)11-7-8-12-15/h13-14,16H,5-12H2,1-4H3. The molecule has 0 aliphatic heterocycles. The van der Waals surface area contributed by atoms with Gasteiger partial charge < -0.3 is 10.1 Å². The van der Waals surface area contributed by atoms with Crippen LogP contribution < -0.4 is 5.32 Å². The third kappa shape index (κ3) is 4.26. The van der Waals surface area contributed by atoms with Gasteiger partial charge in [0, 0.05) is 12.6 Å². The number of nitrogens with one attached hydrogen (secondary N) is 1. The molecule has 2 nitrogen and oxygen atoms in total. The molecule has 0 saturated heterocycles. The maximum absolute atomic E-state index is 6.17. The van der Waals surface area contributed by atoms with Gasteiger partial charge in [0.2, 0.25) is 0 Å². The van der Waals surface area contributed by atoms with Crippen LogP contribution in [0.5, 0.6) is 0 Å².